The third-order valence-electron chi connectivity index (χ3n) is 6.67. The molecule has 3 atom stereocenters. The fourth-order valence-corrected chi connectivity index (χ4v) is 9.00. The summed E-state index contributed by atoms with van der Waals surface area (Å²) in [7, 11) is 0. The lowest BCUT2D eigenvalue weighted by Crippen LogP contribution is -2.70. The lowest BCUT2D eigenvalue weighted by molar-refractivity contribution is -0.710. The lowest BCUT2D eigenvalue weighted by Gasteiger charge is -2.49. The van der Waals surface area contributed by atoms with Gasteiger partial charge in [-0.2, -0.15) is 4.57 Å². The molecule has 2 aliphatic rings. The number of β-lactam (4-membered cyclic amide) rings is 1. The number of nitrogens with one attached hydrogen (secondary N) is 1. The highest BCUT2D eigenvalue weighted by atomic mass is 35.5. The van der Waals surface area contributed by atoms with Crippen molar-refractivity contribution < 1.29 is 34.0 Å². The van der Waals surface area contributed by atoms with Crippen molar-refractivity contribution in [1.82, 2.24) is 10.2 Å². The number of benzene rings is 1. The van der Waals surface area contributed by atoms with E-state index >= 15 is 0 Å². The van der Waals surface area contributed by atoms with Crippen LogP contribution in [-0.4, -0.2) is 67.5 Å². The number of carbonyl (C=O) groups excluding carboxylic acids is 2. The van der Waals surface area contributed by atoms with Crippen molar-refractivity contribution in [3.63, 3.8) is 0 Å². The van der Waals surface area contributed by atoms with E-state index in [1.807, 2.05) is 17.5 Å². The van der Waals surface area contributed by atoms with Crippen LogP contribution < -0.4 is 9.88 Å². The summed E-state index contributed by atoms with van der Waals surface area (Å²) in [4.78, 5) is 53.4. The number of halogens is 2. The molecule has 9 nitrogen and oxygen atoms in total. The van der Waals surface area contributed by atoms with Gasteiger partial charge in [-0.1, -0.05) is 29.3 Å². The molecule has 0 saturated carbocycles. The van der Waals surface area contributed by atoms with Gasteiger partial charge in [-0.25, -0.2) is 9.59 Å². The molecule has 43 heavy (non-hydrogen) atoms. The molecule has 5 rings (SSSR count). The first kappa shape index (κ1) is 31.7. The molecule has 1 saturated heterocycles. The number of hydrogen-bond donors (Lipinski definition) is 3. The molecular weight excluding hydrogens is 673 g/mol. The van der Waals surface area contributed by atoms with Crippen LogP contribution in [0.4, 0.5) is 0 Å². The maximum absolute atomic E-state index is 13.0. The number of fused-ring (bicyclic) bond motifs is 1. The van der Waals surface area contributed by atoms with E-state index in [1.54, 1.807) is 47.3 Å². The molecule has 4 heterocycles. The largest absolute Gasteiger partial charge is 0.477 e. The van der Waals surface area contributed by atoms with E-state index < -0.39 is 35.3 Å². The summed E-state index contributed by atoms with van der Waals surface area (Å²) in [6.45, 7) is 0. The first-order valence-electron chi connectivity index (χ1n) is 12.8. The zero-order valence-electron chi connectivity index (χ0n) is 22.1. The number of aliphatic carboxylic acids is 2. The fraction of sp³-hybridized carbons (Fsp3) is 0.250. The summed E-state index contributed by atoms with van der Waals surface area (Å²) in [5.74, 6) is -2.23. The van der Waals surface area contributed by atoms with Crippen LogP contribution >= 0.6 is 69.8 Å². The minimum absolute atomic E-state index is 0.0169. The fourth-order valence-electron chi connectivity index (χ4n) is 4.58. The summed E-state index contributed by atoms with van der Waals surface area (Å²) < 4.78 is 1.64. The van der Waals surface area contributed by atoms with Crippen LogP contribution in [0.5, 0.6) is 0 Å². The molecule has 2 aromatic heterocycles. The standard InChI is InChI=1S/C28H23Cl2N3O6S4/c29-16-3-4-19(30)21(10-16)42-14-22(34)31-23-25(35)33-24(28(38)39)15(13-43-26(23)33)12-41-17-5-7-32(8-6-17)20(27(36)37)11-18-2-1-9-40-18/h1-10,20,23,26H,11-14H2,(H2-,31,34,36,37,38,39)/p+1/t20-,23+,26+/m0/s1. The molecule has 0 spiro atoms. The molecule has 0 radical (unpaired) electrons. The van der Waals surface area contributed by atoms with Crippen LogP contribution in [0.15, 0.2) is 81.3 Å². The maximum atomic E-state index is 13.0. The number of carboxylic acids is 2. The Balaban J connectivity index is 1.19. The predicted octanol–water partition coefficient (Wildman–Crippen LogP) is 4.83. The molecule has 2 amide bonds. The third-order valence-corrected chi connectivity index (χ3v) is 11.7. The van der Waals surface area contributed by atoms with Crippen molar-refractivity contribution in [3.8, 4) is 0 Å². The number of carbonyl (C=O) groups is 4. The monoisotopic (exact) mass is 696 g/mol. The Kier molecular flexibility index (Phi) is 10.3. The smallest absolute Gasteiger partial charge is 0.373 e. The van der Waals surface area contributed by atoms with Gasteiger partial charge >= 0.3 is 11.9 Å². The quantitative estimate of drug-likeness (QED) is 0.139. The molecule has 0 unspecified atom stereocenters. The van der Waals surface area contributed by atoms with E-state index in [9.17, 15) is 29.4 Å². The van der Waals surface area contributed by atoms with Crippen LogP contribution in [0.25, 0.3) is 0 Å². The van der Waals surface area contributed by atoms with E-state index in [4.69, 9.17) is 23.2 Å². The zero-order valence-corrected chi connectivity index (χ0v) is 26.9. The van der Waals surface area contributed by atoms with Crippen molar-refractivity contribution in [2.24, 2.45) is 0 Å². The molecule has 1 aromatic carbocycles. The van der Waals surface area contributed by atoms with Gasteiger partial charge in [0.2, 0.25) is 5.91 Å². The summed E-state index contributed by atoms with van der Waals surface area (Å²) in [6.07, 6.45) is 3.78. The number of thiophene rings is 1. The molecule has 224 valence electrons. The van der Waals surface area contributed by atoms with Gasteiger partial charge in [0.25, 0.3) is 11.9 Å². The van der Waals surface area contributed by atoms with Gasteiger partial charge in [0.1, 0.15) is 17.1 Å². The van der Waals surface area contributed by atoms with Crippen LogP contribution in [-0.2, 0) is 25.6 Å². The third kappa shape index (κ3) is 7.35. The number of pyridine rings is 1. The number of amides is 2. The molecule has 0 bridgehead atoms. The van der Waals surface area contributed by atoms with Crippen molar-refractivity contribution in [2.75, 3.05) is 17.3 Å². The number of hydrogen-bond acceptors (Lipinski definition) is 8. The second kappa shape index (κ2) is 14.0. The van der Waals surface area contributed by atoms with Crippen molar-refractivity contribution >= 4 is 93.6 Å². The van der Waals surface area contributed by atoms with Crippen molar-refractivity contribution in [2.45, 2.75) is 33.7 Å². The molecule has 0 aliphatic carbocycles. The zero-order chi connectivity index (χ0) is 30.7. The van der Waals surface area contributed by atoms with Gasteiger partial charge in [-0.05, 0) is 35.2 Å². The minimum atomic E-state index is -1.20. The van der Waals surface area contributed by atoms with Gasteiger partial charge in [-0.15, -0.1) is 46.6 Å². The second-order valence-electron chi connectivity index (χ2n) is 9.48. The van der Waals surface area contributed by atoms with Gasteiger partial charge in [0.15, 0.2) is 12.4 Å². The van der Waals surface area contributed by atoms with E-state index in [1.165, 1.54) is 51.5 Å². The Labute approximate surface area is 273 Å². The predicted molar refractivity (Wildman–Crippen MR) is 169 cm³/mol. The number of thioether (sulfide) groups is 3. The highest BCUT2D eigenvalue weighted by Crippen LogP contribution is 2.41. The Morgan fingerprint density at radius 1 is 1.12 bits per heavy atom. The van der Waals surface area contributed by atoms with Gasteiger partial charge < -0.3 is 15.5 Å². The van der Waals surface area contributed by atoms with E-state index in [2.05, 4.69) is 5.32 Å². The highest BCUT2D eigenvalue weighted by Gasteiger charge is 2.54. The highest BCUT2D eigenvalue weighted by molar-refractivity contribution is 8.01. The van der Waals surface area contributed by atoms with E-state index in [0.717, 1.165) is 9.77 Å². The van der Waals surface area contributed by atoms with Gasteiger partial charge in [0.05, 0.1) is 17.2 Å². The summed E-state index contributed by atoms with van der Waals surface area (Å²) >= 11 is 17.7. The summed E-state index contributed by atoms with van der Waals surface area (Å²) in [6, 6.07) is 10.8. The average Bonchev–Trinajstić information content (AvgIpc) is 3.51. The first-order chi connectivity index (χ1) is 20.6. The van der Waals surface area contributed by atoms with E-state index in [-0.39, 0.29) is 17.4 Å². The summed E-state index contributed by atoms with van der Waals surface area (Å²) in [5.41, 5.74) is 0.542. The number of aromatic nitrogens is 1. The van der Waals surface area contributed by atoms with Crippen LogP contribution in [0.3, 0.4) is 0 Å². The maximum Gasteiger partial charge on any atom is 0.373 e. The Hall–Kier alpha value is -2.68. The Bertz CT molecular complexity index is 1590. The lowest BCUT2D eigenvalue weighted by atomic mass is 10.0. The normalized spacial score (nSPS) is 18.6. The topological polar surface area (TPSA) is 128 Å². The SMILES string of the molecule is O=C(CSc1cc(Cl)ccc1Cl)N[C@@H]1C(=O)N2C(C(=O)O)=C(CSc3cc[n+]([C@@H](Cc4cccs4)C(=O)O)cc3)CS[C@H]12. The molecule has 3 aromatic rings. The van der Waals surface area contributed by atoms with Crippen molar-refractivity contribution in [3.05, 3.63) is 86.4 Å². The molecular formula is C28H24Cl2N3O6S4+. The van der Waals surface area contributed by atoms with Gasteiger partial charge in [0, 0.05) is 43.3 Å². The minimum Gasteiger partial charge on any atom is -0.477 e. The number of carboxylic acid groups (broad SMARTS) is 2. The van der Waals surface area contributed by atoms with Crippen LogP contribution in [0.2, 0.25) is 10.0 Å². The number of rotatable bonds is 12. The average molecular weight is 698 g/mol. The first-order valence-corrected chi connectivity index (χ1v) is 17.4. The van der Waals surface area contributed by atoms with Crippen LogP contribution in [0.1, 0.15) is 10.9 Å². The Morgan fingerprint density at radius 2 is 1.88 bits per heavy atom. The van der Waals surface area contributed by atoms with Crippen molar-refractivity contribution in [1.29, 1.82) is 0 Å². The summed E-state index contributed by atoms with van der Waals surface area (Å²) in [5, 5.41) is 24.8. The van der Waals surface area contributed by atoms with Crippen LogP contribution in [0, 0.1) is 0 Å². The van der Waals surface area contributed by atoms with Gasteiger partial charge in [-0.3, -0.25) is 14.5 Å². The molecule has 2 aliphatic heterocycles. The van der Waals surface area contributed by atoms with E-state index in [0.29, 0.717) is 38.4 Å². The number of nitrogens with zero attached hydrogens (tertiary/aromatic N) is 2. The molecule has 3 N–H and O–H groups in total. The molecule has 1 fully saturated rings. The Morgan fingerprint density at radius 3 is 2.56 bits per heavy atom. The second-order valence-corrected chi connectivity index (χ2v) is 14.5. The molecule has 15 heteroatoms.